The fraction of sp³-hybridized carbons (Fsp3) is 0. The number of para-hydroxylation sites is 4. The minimum absolute atomic E-state index is 0.306. The number of fused-ring (bicyclic) bond motifs is 6. The second-order valence-corrected chi connectivity index (χ2v) is 6.80. The Morgan fingerprint density at radius 3 is 0.933 bits per heavy atom. The summed E-state index contributed by atoms with van der Waals surface area (Å²) in [5.74, 6) is 0. The Labute approximate surface area is 166 Å². The summed E-state index contributed by atoms with van der Waals surface area (Å²) in [6, 6.07) is 18.3. The normalized spacial score (nSPS) is 12.0. The summed E-state index contributed by atoms with van der Waals surface area (Å²) >= 11 is 0. The maximum atomic E-state index is 5.85. The average Bonchev–Trinajstić information content (AvgIpc) is 2.77. The van der Waals surface area contributed by atoms with E-state index in [2.05, 4.69) is 19.9 Å². The number of nitrogens with zero attached hydrogens (tertiary/aromatic N) is 4. The van der Waals surface area contributed by atoms with Gasteiger partial charge in [-0.15, -0.1) is 0 Å². The second kappa shape index (κ2) is 5.54. The van der Waals surface area contributed by atoms with Gasteiger partial charge in [-0.2, -0.15) is 0 Å². The standard InChI is InChI=1S/C22H10N4O4/c1-2-6-16-15(5-1)27-19-20(28-16)24-12-10-14-13(9-11(12)23-19)25-21-22(26-14)30-18-8-4-3-7-17(18)29-21/h1-10H. The third-order valence-corrected chi connectivity index (χ3v) is 4.85. The monoisotopic (exact) mass is 394 g/mol. The van der Waals surface area contributed by atoms with Crippen LogP contribution in [-0.2, 0) is 0 Å². The van der Waals surface area contributed by atoms with Crippen molar-refractivity contribution in [3.05, 3.63) is 60.7 Å². The van der Waals surface area contributed by atoms with Crippen LogP contribution in [0.3, 0.4) is 0 Å². The van der Waals surface area contributed by atoms with Gasteiger partial charge in [-0.1, -0.05) is 24.3 Å². The highest BCUT2D eigenvalue weighted by Crippen LogP contribution is 2.27. The van der Waals surface area contributed by atoms with Crippen molar-refractivity contribution in [3.63, 3.8) is 0 Å². The first-order valence-electron chi connectivity index (χ1n) is 9.23. The van der Waals surface area contributed by atoms with Crippen molar-refractivity contribution in [1.82, 2.24) is 19.9 Å². The molecule has 30 heavy (non-hydrogen) atoms. The van der Waals surface area contributed by atoms with Crippen molar-refractivity contribution >= 4 is 67.3 Å². The molecule has 8 nitrogen and oxygen atoms in total. The molecule has 0 unspecified atom stereocenters. The zero-order valence-electron chi connectivity index (χ0n) is 15.2. The highest BCUT2D eigenvalue weighted by molar-refractivity contribution is 5.95. The van der Waals surface area contributed by atoms with E-state index in [1.54, 1.807) is 12.1 Å². The molecule has 7 aromatic rings. The third kappa shape index (κ3) is 2.21. The van der Waals surface area contributed by atoms with Gasteiger partial charge in [0, 0.05) is 0 Å². The molecule has 0 N–H and O–H groups in total. The van der Waals surface area contributed by atoms with Crippen LogP contribution in [0.4, 0.5) is 0 Å². The first-order chi connectivity index (χ1) is 14.8. The maximum absolute atomic E-state index is 5.85. The van der Waals surface area contributed by atoms with E-state index in [0.717, 1.165) is 0 Å². The van der Waals surface area contributed by atoms with Crippen molar-refractivity contribution < 1.29 is 17.7 Å². The molecule has 0 bridgehead atoms. The highest BCUT2D eigenvalue weighted by Gasteiger charge is 2.13. The molecule has 0 aliphatic carbocycles. The van der Waals surface area contributed by atoms with Gasteiger partial charge in [-0.3, -0.25) is 0 Å². The van der Waals surface area contributed by atoms with E-state index < -0.39 is 0 Å². The van der Waals surface area contributed by atoms with Gasteiger partial charge >= 0.3 is 0 Å². The largest absolute Gasteiger partial charge is 0.431 e. The summed E-state index contributed by atoms with van der Waals surface area (Å²) in [7, 11) is 0. The first-order valence-corrected chi connectivity index (χ1v) is 9.23. The van der Waals surface area contributed by atoms with E-state index in [0.29, 0.717) is 67.3 Å². The number of benzene rings is 3. The van der Waals surface area contributed by atoms with Crippen molar-refractivity contribution in [2.75, 3.05) is 0 Å². The molecular formula is C22H10N4O4. The van der Waals surface area contributed by atoms with Crippen molar-refractivity contribution in [2.45, 2.75) is 0 Å². The van der Waals surface area contributed by atoms with E-state index in [1.807, 2.05) is 48.5 Å². The van der Waals surface area contributed by atoms with Crippen LogP contribution >= 0.6 is 0 Å². The Balaban J connectivity index is 1.54. The molecule has 0 aliphatic heterocycles. The molecule has 8 heteroatoms. The zero-order valence-corrected chi connectivity index (χ0v) is 15.2. The molecule has 7 rings (SSSR count). The average molecular weight is 394 g/mol. The molecule has 0 saturated carbocycles. The van der Waals surface area contributed by atoms with Crippen LogP contribution < -0.4 is 0 Å². The van der Waals surface area contributed by atoms with E-state index in [-0.39, 0.29) is 0 Å². The molecule has 4 heterocycles. The maximum Gasteiger partial charge on any atom is 0.284 e. The zero-order chi connectivity index (χ0) is 19.7. The summed E-state index contributed by atoms with van der Waals surface area (Å²) in [6.07, 6.45) is 0. The number of rotatable bonds is 0. The van der Waals surface area contributed by atoms with Crippen LogP contribution in [0, 0.1) is 0 Å². The number of hydrogen-bond donors (Lipinski definition) is 0. The predicted octanol–water partition coefficient (Wildman–Crippen LogP) is 5.68. The summed E-state index contributed by atoms with van der Waals surface area (Å²) in [5.41, 5.74) is 6.03. The summed E-state index contributed by atoms with van der Waals surface area (Å²) < 4.78 is 23.4. The topological polar surface area (TPSA) is 104 Å². The minimum Gasteiger partial charge on any atom is -0.431 e. The van der Waals surface area contributed by atoms with E-state index in [4.69, 9.17) is 17.7 Å². The quantitative estimate of drug-likeness (QED) is 0.303. The molecular weight excluding hydrogens is 384 g/mol. The number of aromatic nitrogens is 4. The molecule has 0 radical (unpaired) electrons. The van der Waals surface area contributed by atoms with E-state index in [9.17, 15) is 0 Å². The number of hydrogen-bond acceptors (Lipinski definition) is 8. The molecule has 0 atom stereocenters. The summed E-state index contributed by atoms with van der Waals surface area (Å²) in [6.45, 7) is 0. The lowest BCUT2D eigenvalue weighted by molar-refractivity contribution is 0.564. The fourth-order valence-corrected chi connectivity index (χ4v) is 3.46. The van der Waals surface area contributed by atoms with Gasteiger partial charge in [-0.05, 0) is 36.4 Å². The highest BCUT2D eigenvalue weighted by atomic mass is 16.4. The van der Waals surface area contributed by atoms with E-state index in [1.165, 1.54) is 0 Å². The van der Waals surface area contributed by atoms with Gasteiger partial charge in [0.1, 0.15) is 0 Å². The van der Waals surface area contributed by atoms with Gasteiger partial charge in [0.15, 0.2) is 22.3 Å². The molecule has 142 valence electrons. The van der Waals surface area contributed by atoms with Gasteiger partial charge in [-0.25, -0.2) is 19.9 Å². The lowest BCUT2D eigenvalue weighted by Crippen LogP contribution is -1.92. The van der Waals surface area contributed by atoms with Gasteiger partial charge in [0.05, 0.1) is 22.1 Å². The van der Waals surface area contributed by atoms with Crippen LogP contribution in [0.25, 0.3) is 67.3 Å². The summed E-state index contributed by atoms with van der Waals surface area (Å²) in [5, 5.41) is 0. The van der Waals surface area contributed by atoms with Crippen molar-refractivity contribution in [1.29, 1.82) is 0 Å². The Bertz CT molecular complexity index is 1560. The molecule has 0 saturated heterocycles. The molecule has 3 aromatic carbocycles. The predicted molar refractivity (Wildman–Crippen MR) is 109 cm³/mol. The van der Waals surface area contributed by atoms with Gasteiger partial charge < -0.3 is 17.7 Å². The molecule has 0 fully saturated rings. The van der Waals surface area contributed by atoms with Crippen molar-refractivity contribution in [3.8, 4) is 0 Å². The van der Waals surface area contributed by atoms with Crippen LogP contribution in [-0.4, -0.2) is 19.9 Å². The SMILES string of the molecule is c1ccc2oc3nc4cc5nc6oc7ccccc7oc6nc5cc4nc3oc2c1. The smallest absolute Gasteiger partial charge is 0.284 e. The third-order valence-electron chi connectivity index (χ3n) is 4.85. The Morgan fingerprint density at radius 2 is 0.667 bits per heavy atom. The Hall–Kier alpha value is -4.46. The fourth-order valence-electron chi connectivity index (χ4n) is 3.46. The minimum atomic E-state index is 0.306. The summed E-state index contributed by atoms with van der Waals surface area (Å²) in [4.78, 5) is 18.3. The van der Waals surface area contributed by atoms with Gasteiger partial charge in [0.2, 0.25) is 0 Å². The lowest BCUT2D eigenvalue weighted by atomic mass is 10.2. The van der Waals surface area contributed by atoms with Crippen molar-refractivity contribution in [2.24, 2.45) is 0 Å². The van der Waals surface area contributed by atoms with Gasteiger partial charge in [0.25, 0.3) is 22.9 Å². The molecule has 0 spiro atoms. The second-order valence-electron chi connectivity index (χ2n) is 6.80. The molecule has 0 amide bonds. The molecule has 4 aromatic heterocycles. The lowest BCUT2D eigenvalue weighted by Gasteiger charge is -2.05. The Kier molecular flexibility index (Phi) is 2.86. The van der Waals surface area contributed by atoms with Crippen LogP contribution in [0.15, 0.2) is 78.3 Å². The first kappa shape index (κ1) is 15.5. The van der Waals surface area contributed by atoms with E-state index >= 15 is 0 Å². The van der Waals surface area contributed by atoms with Crippen LogP contribution in [0.2, 0.25) is 0 Å². The van der Waals surface area contributed by atoms with Crippen LogP contribution in [0.5, 0.6) is 0 Å². The molecule has 0 aliphatic rings. The van der Waals surface area contributed by atoms with Crippen LogP contribution in [0.1, 0.15) is 0 Å². The Morgan fingerprint density at radius 1 is 0.400 bits per heavy atom.